The van der Waals surface area contributed by atoms with Crippen molar-refractivity contribution in [1.82, 2.24) is 4.72 Å². The molecule has 1 aromatic carbocycles. The maximum Gasteiger partial charge on any atom is 0.422 e. The number of aryl methyl sites for hydroxylation is 1. The van der Waals surface area contributed by atoms with Crippen LogP contribution in [-0.4, -0.2) is 32.8 Å². The average molecular weight is 312 g/mol. The fourth-order valence-corrected chi connectivity index (χ4v) is 2.17. The molecule has 0 aliphatic heterocycles. The summed E-state index contributed by atoms with van der Waals surface area (Å²) in [5.41, 5.74) is 1.64. The highest BCUT2D eigenvalue weighted by atomic mass is 32.2. The topological polar surface area (TPSA) is 105 Å². The third-order valence-electron chi connectivity index (χ3n) is 2.29. The summed E-state index contributed by atoms with van der Waals surface area (Å²) in [5.74, 6) is 5.19. The Labute approximate surface area is 123 Å². The molecule has 0 saturated heterocycles. The van der Waals surface area contributed by atoms with Crippen molar-refractivity contribution in [1.29, 1.82) is 0 Å². The Morgan fingerprint density at radius 2 is 2.14 bits per heavy atom. The molecule has 1 rings (SSSR count). The highest BCUT2D eigenvalue weighted by molar-refractivity contribution is 7.91. The van der Waals surface area contributed by atoms with Crippen LogP contribution in [-0.2, 0) is 14.9 Å². The number of benzene rings is 1. The van der Waals surface area contributed by atoms with E-state index in [-0.39, 0.29) is 18.9 Å². The predicted octanol–water partition coefficient (Wildman–Crippen LogP) is 0.742. The van der Waals surface area contributed by atoms with Gasteiger partial charge in [0.05, 0.1) is 12.3 Å². The van der Waals surface area contributed by atoms with Crippen LogP contribution in [0.15, 0.2) is 18.2 Å². The van der Waals surface area contributed by atoms with Crippen LogP contribution in [0.4, 0.5) is 10.5 Å². The van der Waals surface area contributed by atoms with E-state index in [2.05, 4.69) is 21.3 Å². The molecule has 8 heteroatoms. The highest BCUT2D eigenvalue weighted by Gasteiger charge is 2.15. The van der Waals surface area contributed by atoms with Gasteiger partial charge >= 0.3 is 16.3 Å². The monoisotopic (exact) mass is 312 g/mol. The second-order valence-electron chi connectivity index (χ2n) is 3.92. The van der Waals surface area contributed by atoms with Crippen LogP contribution < -0.4 is 9.44 Å². The van der Waals surface area contributed by atoms with Crippen molar-refractivity contribution in [2.75, 3.05) is 17.9 Å². The summed E-state index contributed by atoms with van der Waals surface area (Å²) in [5, 5.41) is 8.68. The zero-order chi connectivity index (χ0) is 15.9. The van der Waals surface area contributed by atoms with E-state index < -0.39 is 16.3 Å². The zero-order valence-electron chi connectivity index (χ0n) is 11.6. The first-order valence-corrected chi connectivity index (χ1v) is 7.54. The molecule has 0 aliphatic carbocycles. The standard InChI is InChI=1S/C13H16N2O5S/c1-3-20-13(17)15-21(18,19)14-12-7-6-10(2)11(9-12)5-4-8-16/h6-7,9,14,16H,3,8H2,1-2H3,(H,15,17). The Morgan fingerprint density at radius 3 is 2.76 bits per heavy atom. The minimum Gasteiger partial charge on any atom is -0.449 e. The molecule has 21 heavy (non-hydrogen) atoms. The van der Waals surface area contributed by atoms with Gasteiger partial charge < -0.3 is 9.84 Å². The summed E-state index contributed by atoms with van der Waals surface area (Å²) in [6, 6.07) is 4.70. The van der Waals surface area contributed by atoms with Gasteiger partial charge in [-0.3, -0.25) is 4.72 Å². The SMILES string of the molecule is CCOC(=O)NS(=O)(=O)Nc1ccc(C)c(C#CCO)c1. The van der Waals surface area contributed by atoms with Gasteiger partial charge in [0.2, 0.25) is 0 Å². The average Bonchev–Trinajstić information content (AvgIpc) is 2.38. The molecule has 1 amide bonds. The van der Waals surface area contributed by atoms with E-state index >= 15 is 0 Å². The normalized spacial score (nSPS) is 10.2. The predicted molar refractivity (Wildman–Crippen MR) is 77.8 cm³/mol. The third kappa shape index (κ3) is 5.72. The number of carbonyl (C=O) groups is 1. The van der Waals surface area contributed by atoms with E-state index in [1.807, 2.05) is 0 Å². The van der Waals surface area contributed by atoms with Crippen molar-refractivity contribution in [3.8, 4) is 11.8 Å². The molecule has 0 radical (unpaired) electrons. The van der Waals surface area contributed by atoms with E-state index in [1.54, 1.807) is 24.6 Å². The van der Waals surface area contributed by atoms with E-state index in [9.17, 15) is 13.2 Å². The van der Waals surface area contributed by atoms with Crippen molar-refractivity contribution in [2.24, 2.45) is 0 Å². The summed E-state index contributed by atoms with van der Waals surface area (Å²) in [7, 11) is -4.08. The van der Waals surface area contributed by atoms with Gasteiger partial charge in [-0.1, -0.05) is 17.9 Å². The first kappa shape index (κ1) is 16.8. The van der Waals surface area contributed by atoms with E-state index in [4.69, 9.17) is 5.11 Å². The lowest BCUT2D eigenvalue weighted by molar-refractivity contribution is 0.159. The Morgan fingerprint density at radius 1 is 1.43 bits per heavy atom. The summed E-state index contributed by atoms with van der Waals surface area (Å²) in [6.07, 6.45) is -1.06. The molecule has 0 saturated carbocycles. The van der Waals surface area contributed by atoms with Gasteiger partial charge in [-0.05, 0) is 31.5 Å². The first-order chi connectivity index (χ1) is 9.88. The van der Waals surface area contributed by atoms with Gasteiger partial charge in [0.15, 0.2) is 0 Å². The quantitative estimate of drug-likeness (QED) is 0.711. The lowest BCUT2D eigenvalue weighted by Crippen LogP contribution is -2.35. The Balaban J connectivity index is 2.90. The summed E-state index contributed by atoms with van der Waals surface area (Å²) in [6.45, 7) is 3.13. The van der Waals surface area contributed by atoms with Crippen LogP contribution in [0.2, 0.25) is 0 Å². The van der Waals surface area contributed by atoms with Crippen LogP contribution in [0.1, 0.15) is 18.1 Å². The van der Waals surface area contributed by atoms with Gasteiger partial charge in [0, 0.05) is 5.56 Å². The number of ether oxygens (including phenoxy) is 1. The molecule has 7 nitrogen and oxygen atoms in total. The summed E-state index contributed by atoms with van der Waals surface area (Å²) < 4.78 is 31.8. The molecular formula is C13H16N2O5S. The number of hydrogen-bond donors (Lipinski definition) is 3. The lowest BCUT2D eigenvalue weighted by Gasteiger charge is -2.10. The minimum atomic E-state index is -4.08. The van der Waals surface area contributed by atoms with Crippen molar-refractivity contribution in [3.63, 3.8) is 0 Å². The highest BCUT2D eigenvalue weighted by Crippen LogP contribution is 2.15. The smallest absolute Gasteiger partial charge is 0.422 e. The third-order valence-corrected chi connectivity index (χ3v) is 3.22. The zero-order valence-corrected chi connectivity index (χ0v) is 12.5. The number of nitrogens with one attached hydrogen (secondary N) is 2. The number of carbonyl (C=O) groups excluding carboxylic acids is 1. The molecule has 3 N–H and O–H groups in total. The molecule has 0 fully saturated rings. The van der Waals surface area contributed by atoms with Crippen LogP contribution in [0.25, 0.3) is 0 Å². The molecule has 0 aliphatic rings. The number of amides is 1. The minimum absolute atomic E-state index is 0.0623. The van der Waals surface area contributed by atoms with Crippen LogP contribution >= 0.6 is 0 Å². The molecule has 114 valence electrons. The van der Waals surface area contributed by atoms with Gasteiger partial charge in [0.1, 0.15) is 6.61 Å². The van der Waals surface area contributed by atoms with Gasteiger partial charge in [0.25, 0.3) is 0 Å². The van der Waals surface area contributed by atoms with E-state index in [0.717, 1.165) is 5.56 Å². The van der Waals surface area contributed by atoms with Crippen LogP contribution in [0.3, 0.4) is 0 Å². The summed E-state index contributed by atoms with van der Waals surface area (Å²) >= 11 is 0. The maximum absolute atomic E-state index is 11.7. The van der Waals surface area contributed by atoms with Crippen molar-refractivity contribution in [2.45, 2.75) is 13.8 Å². The molecular weight excluding hydrogens is 296 g/mol. The number of aliphatic hydroxyl groups excluding tert-OH is 1. The largest absolute Gasteiger partial charge is 0.449 e. The van der Waals surface area contributed by atoms with Crippen molar-refractivity contribution >= 4 is 22.0 Å². The molecule has 0 aromatic heterocycles. The van der Waals surface area contributed by atoms with Gasteiger partial charge in [-0.2, -0.15) is 8.42 Å². The summed E-state index contributed by atoms with van der Waals surface area (Å²) in [4.78, 5) is 11.1. The number of anilines is 1. The second kappa shape index (κ2) is 7.52. The Bertz CT molecular complexity index is 674. The molecule has 0 atom stereocenters. The van der Waals surface area contributed by atoms with E-state index in [1.165, 1.54) is 12.1 Å². The number of aliphatic hydroxyl groups is 1. The number of rotatable bonds is 4. The Kier molecular flexibility index (Phi) is 6.02. The van der Waals surface area contributed by atoms with Crippen LogP contribution in [0.5, 0.6) is 0 Å². The van der Waals surface area contributed by atoms with E-state index in [0.29, 0.717) is 5.56 Å². The molecule has 0 bridgehead atoms. The lowest BCUT2D eigenvalue weighted by atomic mass is 10.1. The van der Waals surface area contributed by atoms with Gasteiger partial charge in [-0.15, -0.1) is 0 Å². The molecule has 0 unspecified atom stereocenters. The maximum atomic E-state index is 11.7. The molecule has 0 spiro atoms. The van der Waals surface area contributed by atoms with Crippen molar-refractivity contribution in [3.05, 3.63) is 29.3 Å². The first-order valence-electron chi connectivity index (χ1n) is 6.05. The van der Waals surface area contributed by atoms with Crippen LogP contribution in [0, 0.1) is 18.8 Å². The fraction of sp³-hybridized carbons (Fsp3) is 0.308. The molecule has 1 aromatic rings. The number of hydrogen-bond acceptors (Lipinski definition) is 5. The molecule has 0 heterocycles. The Hall–Kier alpha value is -2.24. The second-order valence-corrected chi connectivity index (χ2v) is 5.33. The van der Waals surface area contributed by atoms with Crippen molar-refractivity contribution < 1.29 is 23.1 Å². The fourth-order valence-electron chi connectivity index (χ4n) is 1.41. The van der Waals surface area contributed by atoms with Gasteiger partial charge in [-0.25, -0.2) is 9.52 Å².